The van der Waals surface area contributed by atoms with Crippen LogP contribution in [0.25, 0.3) is 0 Å². The molecule has 0 aromatic rings. The highest BCUT2D eigenvalue weighted by Crippen LogP contribution is 2.13. The maximum absolute atomic E-state index is 10.8. The first kappa shape index (κ1) is 13.2. The molecule has 1 saturated heterocycles. The molecule has 0 aromatic heterocycles. The van der Waals surface area contributed by atoms with E-state index in [0.29, 0.717) is 18.2 Å². The highest BCUT2D eigenvalue weighted by Gasteiger charge is 2.21. The number of carboxylic acids is 1. The molecular weight excluding hydrogens is 204 g/mol. The van der Waals surface area contributed by atoms with E-state index in [1.54, 1.807) is 0 Å². The Labute approximate surface area is 97.3 Å². The molecule has 4 nitrogen and oxygen atoms in total. The van der Waals surface area contributed by atoms with E-state index in [2.05, 4.69) is 23.7 Å². The van der Waals surface area contributed by atoms with Crippen molar-refractivity contribution in [2.24, 2.45) is 0 Å². The lowest BCUT2D eigenvalue weighted by molar-refractivity contribution is -0.133. The topological polar surface area (TPSA) is 52.6 Å². The molecule has 0 amide bonds. The highest BCUT2D eigenvalue weighted by atomic mass is 16.4. The predicted molar refractivity (Wildman–Crippen MR) is 64.5 cm³/mol. The summed E-state index contributed by atoms with van der Waals surface area (Å²) in [5.74, 6) is -0.880. The molecule has 1 fully saturated rings. The Morgan fingerprint density at radius 2 is 2.12 bits per heavy atom. The second-order valence-corrected chi connectivity index (χ2v) is 4.36. The van der Waals surface area contributed by atoms with Gasteiger partial charge in [-0.2, -0.15) is 0 Å². The third-order valence-corrected chi connectivity index (χ3v) is 3.03. The molecule has 1 aliphatic rings. The molecule has 0 saturated carbocycles. The number of hydrogen-bond acceptors (Lipinski definition) is 3. The Bertz CT molecular complexity index is 247. The van der Waals surface area contributed by atoms with Gasteiger partial charge in [0.2, 0.25) is 0 Å². The molecule has 92 valence electrons. The van der Waals surface area contributed by atoms with Crippen molar-refractivity contribution in [1.82, 2.24) is 10.2 Å². The predicted octanol–water partition coefficient (Wildman–Crippen LogP) is 1.09. The first-order valence-corrected chi connectivity index (χ1v) is 6.01. The third kappa shape index (κ3) is 3.94. The van der Waals surface area contributed by atoms with Crippen LogP contribution < -0.4 is 5.32 Å². The van der Waals surface area contributed by atoms with E-state index in [9.17, 15) is 4.79 Å². The molecule has 4 heteroatoms. The van der Waals surface area contributed by atoms with E-state index in [-0.39, 0.29) is 0 Å². The molecule has 2 N–H and O–H groups in total. The molecule has 0 unspecified atom stereocenters. The van der Waals surface area contributed by atoms with Crippen molar-refractivity contribution >= 4 is 5.97 Å². The molecule has 1 heterocycles. The van der Waals surface area contributed by atoms with E-state index in [1.807, 2.05) is 0 Å². The Hall–Kier alpha value is -0.870. The van der Waals surface area contributed by atoms with Crippen LogP contribution in [0.4, 0.5) is 0 Å². The van der Waals surface area contributed by atoms with Gasteiger partial charge in [-0.15, -0.1) is 0 Å². The van der Waals surface area contributed by atoms with Crippen LogP contribution in [0.1, 0.15) is 26.2 Å². The van der Waals surface area contributed by atoms with E-state index >= 15 is 0 Å². The fourth-order valence-corrected chi connectivity index (χ4v) is 2.16. The van der Waals surface area contributed by atoms with Gasteiger partial charge in [-0.1, -0.05) is 13.5 Å². The molecule has 0 bridgehead atoms. The lowest BCUT2D eigenvalue weighted by Gasteiger charge is -2.34. The second kappa shape index (κ2) is 6.66. The first-order chi connectivity index (χ1) is 7.65. The van der Waals surface area contributed by atoms with Gasteiger partial charge < -0.3 is 10.4 Å². The summed E-state index contributed by atoms with van der Waals surface area (Å²) in [4.78, 5) is 13.0. The Morgan fingerprint density at radius 3 is 2.62 bits per heavy atom. The maximum atomic E-state index is 10.8. The first-order valence-electron chi connectivity index (χ1n) is 6.01. The summed E-state index contributed by atoms with van der Waals surface area (Å²) in [5, 5.41) is 12.2. The van der Waals surface area contributed by atoms with E-state index in [4.69, 9.17) is 5.11 Å². The zero-order chi connectivity index (χ0) is 12.0. The minimum absolute atomic E-state index is 0.298. The fraction of sp³-hybridized carbons (Fsp3) is 0.750. The zero-order valence-electron chi connectivity index (χ0n) is 10.0. The number of carboxylic acid groups (broad SMARTS) is 1. The summed E-state index contributed by atoms with van der Waals surface area (Å²) < 4.78 is 0. The largest absolute Gasteiger partial charge is 0.478 e. The van der Waals surface area contributed by atoms with Crippen molar-refractivity contribution in [3.8, 4) is 0 Å². The van der Waals surface area contributed by atoms with Crippen LogP contribution in [-0.4, -0.2) is 48.2 Å². The van der Waals surface area contributed by atoms with Crippen molar-refractivity contribution < 1.29 is 9.90 Å². The lowest BCUT2D eigenvalue weighted by atomic mass is 10.0. The van der Waals surface area contributed by atoms with Crippen LogP contribution in [0.5, 0.6) is 0 Å². The second-order valence-electron chi connectivity index (χ2n) is 4.36. The van der Waals surface area contributed by atoms with Gasteiger partial charge in [0.25, 0.3) is 0 Å². The van der Waals surface area contributed by atoms with Crippen molar-refractivity contribution in [2.75, 3.05) is 26.2 Å². The molecule has 1 aliphatic heterocycles. The summed E-state index contributed by atoms with van der Waals surface area (Å²) in [6, 6.07) is 0.511. The maximum Gasteiger partial charge on any atom is 0.332 e. The number of hydrogen-bond donors (Lipinski definition) is 2. The smallest absolute Gasteiger partial charge is 0.332 e. The van der Waals surface area contributed by atoms with Gasteiger partial charge in [-0.25, -0.2) is 4.79 Å². The Morgan fingerprint density at radius 1 is 1.50 bits per heavy atom. The van der Waals surface area contributed by atoms with E-state index < -0.39 is 5.97 Å². The van der Waals surface area contributed by atoms with Crippen molar-refractivity contribution in [1.29, 1.82) is 0 Å². The summed E-state index contributed by atoms with van der Waals surface area (Å²) in [5.41, 5.74) is 0.298. The van der Waals surface area contributed by atoms with Crippen LogP contribution in [0.2, 0.25) is 0 Å². The van der Waals surface area contributed by atoms with Crippen LogP contribution in [0.15, 0.2) is 12.2 Å². The summed E-state index contributed by atoms with van der Waals surface area (Å²) >= 11 is 0. The van der Waals surface area contributed by atoms with Gasteiger partial charge in [-0.3, -0.25) is 4.90 Å². The van der Waals surface area contributed by atoms with Gasteiger partial charge in [0.05, 0.1) is 0 Å². The van der Waals surface area contributed by atoms with E-state index in [1.165, 1.54) is 0 Å². The summed E-state index contributed by atoms with van der Waals surface area (Å²) in [6.07, 6.45) is 3.26. The molecule has 0 aromatic carbocycles. The van der Waals surface area contributed by atoms with Gasteiger partial charge in [0.1, 0.15) is 0 Å². The highest BCUT2D eigenvalue weighted by molar-refractivity contribution is 5.86. The monoisotopic (exact) mass is 226 g/mol. The Balaban J connectivity index is 2.51. The summed E-state index contributed by atoms with van der Waals surface area (Å²) in [7, 11) is 0. The van der Waals surface area contributed by atoms with Crippen molar-refractivity contribution in [3.63, 3.8) is 0 Å². The molecular formula is C12H22N2O2. The van der Waals surface area contributed by atoms with Crippen LogP contribution in [0.3, 0.4) is 0 Å². The zero-order valence-corrected chi connectivity index (χ0v) is 10.0. The van der Waals surface area contributed by atoms with Crippen LogP contribution in [0, 0.1) is 0 Å². The standard InChI is InChI=1S/C12H22N2O2/c1-3-8-14(9-10(2)12(15)16)11-4-6-13-7-5-11/h11,13H,2-9H2,1H3,(H,15,16). The van der Waals surface area contributed by atoms with Gasteiger partial charge in [-0.05, 0) is 38.9 Å². The summed E-state index contributed by atoms with van der Waals surface area (Å²) in [6.45, 7) is 9.25. The molecule has 0 aliphatic carbocycles. The van der Waals surface area contributed by atoms with Gasteiger partial charge in [0.15, 0.2) is 0 Å². The molecule has 0 radical (unpaired) electrons. The van der Waals surface area contributed by atoms with Gasteiger partial charge >= 0.3 is 5.97 Å². The average Bonchev–Trinajstić information content (AvgIpc) is 2.29. The lowest BCUT2D eigenvalue weighted by Crippen LogP contribution is -2.44. The SMILES string of the molecule is C=C(CN(CCC)C1CCNCC1)C(=O)O. The number of aliphatic carboxylic acids is 1. The third-order valence-electron chi connectivity index (χ3n) is 3.03. The van der Waals surface area contributed by atoms with E-state index in [0.717, 1.165) is 38.9 Å². The average molecular weight is 226 g/mol. The van der Waals surface area contributed by atoms with Gasteiger partial charge in [0, 0.05) is 18.2 Å². The molecule has 1 rings (SSSR count). The molecule has 16 heavy (non-hydrogen) atoms. The number of rotatable bonds is 6. The number of carbonyl (C=O) groups is 1. The normalized spacial score (nSPS) is 17.6. The van der Waals surface area contributed by atoms with Crippen LogP contribution >= 0.6 is 0 Å². The molecule has 0 spiro atoms. The quantitative estimate of drug-likeness (QED) is 0.666. The Kier molecular flexibility index (Phi) is 5.49. The van der Waals surface area contributed by atoms with Crippen LogP contribution in [-0.2, 0) is 4.79 Å². The minimum atomic E-state index is -0.880. The number of nitrogens with zero attached hydrogens (tertiary/aromatic N) is 1. The van der Waals surface area contributed by atoms with Crippen molar-refractivity contribution in [2.45, 2.75) is 32.2 Å². The number of nitrogens with one attached hydrogen (secondary N) is 1. The molecule has 0 atom stereocenters. The minimum Gasteiger partial charge on any atom is -0.478 e. The van der Waals surface area contributed by atoms with Crippen molar-refractivity contribution in [3.05, 3.63) is 12.2 Å². The number of piperidine rings is 1. The fourth-order valence-electron chi connectivity index (χ4n) is 2.16.